The van der Waals surface area contributed by atoms with Crippen molar-refractivity contribution >= 4 is 11.7 Å². The molecule has 0 unspecified atom stereocenters. The van der Waals surface area contributed by atoms with Crippen LogP contribution in [-0.4, -0.2) is 43.5 Å². The van der Waals surface area contributed by atoms with Crippen LogP contribution in [0.5, 0.6) is 0 Å². The molecule has 1 amide bonds. The summed E-state index contributed by atoms with van der Waals surface area (Å²) in [5.74, 6) is 1.44. The van der Waals surface area contributed by atoms with Crippen LogP contribution < -0.4 is 5.56 Å². The highest BCUT2D eigenvalue weighted by Crippen LogP contribution is 2.22. The maximum atomic E-state index is 12.6. The fourth-order valence-corrected chi connectivity index (χ4v) is 3.70. The second-order valence-electron chi connectivity index (χ2n) is 7.23. The average molecular weight is 365 g/mol. The van der Waals surface area contributed by atoms with Crippen LogP contribution in [0.25, 0.3) is 5.78 Å². The molecule has 3 aromatic rings. The second kappa shape index (κ2) is 7.34. The van der Waals surface area contributed by atoms with E-state index in [4.69, 9.17) is 0 Å². The number of hydrogen-bond donors (Lipinski definition) is 1. The number of benzene rings is 1. The normalized spacial score (nSPS) is 15.4. The van der Waals surface area contributed by atoms with E-state index in [0.717, 1.165) is 32.4 Å². The Kier molecular flexibility index (Phi) is 4.75. The van der Waals surface area contributed by atoms with E-state index in [1.165, 1.54) is 16.1 Å². The third-order valence-electron chi connectivity index (χ3n) is 5.16. The van der Waals surface area contributed by atoms with Crippen LogP contribution >= 0.6 is 0 Å². The third kappa shape index (κ3) is 3.92. The first kappa shape index (κ1) is 17.5. The number of fused-ring (bicyclic) bond motifs is 1. The van der Waals surface area contributed by atoms with Crippen LogP contribution in [0.2, 0.25) is 0 Å². The number of carbonyl (C=O) groups excluding carboxylic acids is 1. The van der Waals surface area contributed by atoms with Gasteiger partial charge in [-0.15, -0.1) is 0 Å². The van der Waals surface area contributed by atoms with E-state index in [2.05, 4.69) is 39.3 Å². The summed E-state index contributed by atoms with van der Waals surface area (Å²) >= 11 is 0. The van der Waals surface area contributed by atoms with Gasteiger partial charge in [0.05, 0.1) is 6.42 Å². The van der Waals surface area contributed by atoms with E-state index < -0.39 is 0 Å². The number of nitrogens with zero attached hydrogens (tertiary/aromatic N) is 4. The van der Waals surface area contributed by atoms with Crippen molar-refractivity contribution < 1.29 is 4.79 Å². The van der Waals surface area contributed by atoms with Gasteiger partial charge in [-0.25, -0.2) is 4.98 Å². The van der Waals surface area contributed by atoms with E-state index in [9.17, 15) is 9.59 Å². The van der Waals surface area contributed by atoms with Gasteiger partial charge in [0.1, 0.15) is 5.82 Å². The van der Waals surface area contributed by atoms with Crippen LogP contribution in [-0.2, 0) is 17.6 Å². The van der Waals surface area contributed by atoms with Crippen molar-refractivity contribution in [1.29, 1.82) is 0 Å². The maximum Gasteiger partial charge on any atom is 0.274 e. The Morgan fingerprint density at radius 3 is 2.67 bits per heavy atom. The molecule has 7 heteroatoms. The Balaban J connectivity index is 1.36. The smallest absolute Gasteiger partial charge is 0.274 e. The lowest BCUT2D eigenvalue weighted by Gasteiger charge is -2.32. The quantitative estimate of drug-likeness (QED) is 0.763. The summed E-state index contributed by atoms with van der Waals surface area (Å²) in [6.07, 6.45) is 3.26. The predicted molar refractivity (Wildman–Crippen MR) is 101 cm³/mol. The number of hydrogen-bond acceptors (Lipinski definition) is 4. The molecule has 140 valence electrons. The highest BCUT2D eigenvalue weighted by Gasteiger charge is 2.24. The summed E-state index contributed by atoms with van der Waals surface area (Å²) in [6, 6.07) is 11.9. The molecule has 1 N–H and O–H groups in total. The van der Waals surface area contributed by atoms with Crippen molar-refractivity contribution in [3.63, 3.8) is 0 Å². The number of piperidine rings is 1. The molecule has 3 heterocycles. The number of nitrogens with one attached hydrogen (secondary N) is 1. The first-order chi connectivity index (χ1) is 13.1. The van der Waals surface area contributed by atoms with E-state index in [1.807, 2.05) is 11.0 Å². The Bertz CT molecular complexity index is 1000. The lowest BCUT2D eigenvalue weighted by Crippen LogP contribution is -2.39. The Labute approximate surface area is 157 Å². The first-order valence-corrected chi connectivity index (χ1v) is 9.35. The van der Waals surface area contributed by atoms with Crippen LogP contribution in [0, 0.1) is 12.8 Å². The zero-order valence-corrected chi connectivity index (χ0v) is 15.4. The minimum atomic E-state index is -0.217. The molecule has 1 fully saturated rings. The fraction of sp³-hybridized carbons (Fsp3) is 0.400. The largest absolute Gasteiger partial charge is 0.342 e. The number of likely N-dealkylation sites (tertiary alicyclic amines) is 1. The van der Waals surface area contributed by atoms with E-state index in [-0.39, 0.29) is 17.9 Å². The molecular formula is C20H23N5O2. The van der Waals surface area contributed by atoms with E-state index in [0.29, 0.717) is 23.2 Å². The predicted octanol–water partition coefficient (Wildman–Crippen LogP) is 1.75. The maximum absolute atomic E-state index is 12.6. The molecule has 0 aliphatic carbocycles. The van der Waals surface area contributed by atoms with Gasteiger partial charge in [-0.2, -0.15) is 9.50 Å². The molecular weight excluding hydrogens is 342 g/mol. The highest BCUT2D eigenvalue weighted by molar-refractivity contribution is 5.78. The standard InChI is InChI=1S/C20H23N5O2/c1-14-11-19(27)25-20(21-14)22-17(23-25)13-18(26)24-9-7-16(8-10-24)12-15-5-3-2-4-6-15/h2-6,11,16H,7-10,12-13H2,1H3,(H,21,22,23). The van der Waals surface area contributed by atoms with Gasteiger partial charge < -0.3 is 4.90 Å². The van der Waals surface area contributed by atoms with Crippen molar-refractivity contribution in [3.8, 4) is 0 Å². The number of rotatable bonds is 4. The number of H-pyrrole nitrogens is 1. The number of amides is 1. The van der Waals surface area contributed by atoms with Gasteiger partial charge >= 0.3 is 0 Å². The summed E-state index contributed by atoms with van der Waals surface area (Å²) in [5, 5.41) is 2.89. The Morgan fingerprint density at radius 2 is 1.93 bits per heavy atom. The van der Waals surface area contributed by atoms with Gasteiger partial charge in [0.25, 0.3) is 11.3 Å². The molecule has 0 atom stereocenters. The molecule has 0 bridgehead atoms. The average Bonchev–Trinajstić information content (AvgIpc) is 3.06. The molecule has 27 heavy (non-hydrogen) atoms. The van der Waals surface area contributed by atoms with E-state index >= 15 is 0 Å². The number of aryl methyl sites for hydroxylation is 1. The molecule has 0 radical (unpaired) electrons. The summed E-state index contributed by atoms with van der Waals surface area (Å²) in [7, 11) is 0. The molecule has 7 nitrogen and oxygen atoms in total. The lowest BCUT2D eigenvalue weighted by molar-refractivity contribution is -0.131. The molecule has 0 spiro atoms. The van der Waals surface area contributed by atoms with Gasteiger partial charge in [0.15, 0.2) is 0 Å². The van der Waals surface area contributed by atoms with Crippen LogP contribution in [0.4, 0.5) is 0 Å². The SMILES string of the molecule is Cc1cc(=O)n2[nH]c(CC(=O)N3CCC(Cc4ccccc4)CC3)nc2n1. The van der Waals surface area contributed by atoms with Crippen LogP contribution in [0.1, 0.15) is 29.9 Å². The number of aromatic nitrogens is 4. The monoisotopic (exact) mass is 365 g/mol. The number of aromatic amines is 1. The van der Waals surface area contributed by atoms with Crippen molar-refractivity contribution in [1.82, 2.24) is 24.5 Å². The summed E-state index contributed by atoms with van der Waals surface area (Å²) in [4.78, 5) is 35.0. The lowest BCUT2D eigenvalue weighted by atomic mass is 9.90. The second-order valence-corrected chi connectivity index (χ2v) is 7.23. The van der Waals surface area contributed by atoms with Crippen LogP contribution in [0.15, 0.2) is 41.2 Å². The van der Waals surface area contributed by atoms with Crippen molar-refractivity contribution in [2.75, 3.05) is 13.1 Å². The molecule has 1 aliphatic heterocycles. The topological polar surface area (TPSA) is 83.4 Å². The molecule has 1 saturated heterocycles. The van der Waals surface area contributed by atoms with Gasteiger partial charge in [-0.1, -0.05) is 30.3 Å². The Morgan fingerprint density at radius 1 is 1.19 bits per heavy atom. The molecule has 4 rings (SSSR count). The minimum absolute atomic E-state index is 0.0389. The van der Waals surface area contributed by atoms with Crippen molar-refractivity contribution in [2.45, 2.75) is 32.6 Å². The number of carbonyl (C=O) groups is 1. The van der Waals surface area contributed by atoms with Crippen molar-refractivity contribution in [2.24, 2.45) is 5.92 Å². The van der Waals surface area contributed by atoms with Gasteiger partial charge in [0.2, 0.25) is 5.91 Å². The molecule has 1 aliphatic rings. The Hall–Kier alpha value is -2.96. The first-order valence-electron chi connectivity index (χ1n) is 9.35. The minimum Gasteiger partial charge on any atom is -0.342 e. The summed E-state index contributed by atoms with van der Waals surface area (Å²) in [6.45, 7) is 3.29. The van der Waals surface area contributed by atoms with Gasteiger partial charge in [-0.3, -0.25) is 14.7 Å². The van der Waals surface area contributed by atoms with Crippen molar-refractivity contribution in [3.05, 3.63) is 63.8 Å². The van der Waals surface area contributed by atoms with Crippen LogP contribution in [0.3, 0.4) is 0 Å². The third-order valence-corrected chi connectivity index (χ3v) is 5.16. The molecule has 1 aromatic carbocycles. The summed E-state index contributed by atoms with van der Waals surface area (Å²) in [5.41, 5.74) is 1.76. The fourth-order valence-electron chi connectivity index (χ4n) is 3.70. The van der Waals surface area contributed by atoms with Gasteiger partial charge in [-0.05, 0) is 37.7 Å². The zero-order chi connectivity index (χ0) is 18.8. The summed E-state index contributed by atoms with van der Waals surface area (Å²) < 4.78 is 1.28. The zero-order valence-electron chi connectivity index (χ0n) is 15.4. The highest BCUT2D eigenvalue weighted by atomic mass is 16.2. The molecule has 2 aromatic heterocycles. The van der Waals surface area contributed by atoms with E-state index in [1.54, 1.807) is 6.92 Å². The van der Waals surface area contributed by atoms with Gasteiger partial charge in [0, 0.05) is 24.8 Å². The molecule has 0 saturated carbocycles.